The lowest BCUT2D eigenvalue weighted by molar-refractivity contribution is -0.0941. The summed E-state index contributed by atoms with van der Waals surface area (Å²) in [5.74, 6) is 0. The van der Waals surface area contributed by atoms with Crippen LogP contribution < -0.4 is 5.73 Å². The second kappa shape index (κ2) is 6.46. The van der Waals surface area contributed by atoms with Gasteiger partial charge in [0.25, 0.3) is 0 Å². The van der Waals surface area contributed by atoms with Gasteiger partial charge in [-0.1, -0.05) is 20.8 Å². The van der Waals surface area contributed by atoms with Gasteiger partial charge < -0.3 is 15.2 Å². The molecule has 0 aliphatic carbocycles. The van der Waals surface area contributed by atoms with E-state index < -0.39 is 0 Å². The molecule has 0 amide bonds. The van der Waals surface area contributed by atoms with Crippen molar-refractivity contribution >= 4 is 0 Å². The molecule has 0 fully saturated rings. The summed E-state index contributed by atoms with van der Waals surface area (Å²) in [6, 6.07) is 0.0362. The molecule has 3 unspecified atom stereocenters. The topological polar surface area (TPSA) is 44.5 Å². The molecule has 0 saturated heterocycles. The Morgan fingerprint density at radius 3 is 2.07 bits per heavy atom. The van der Waals surface area contributed by atoms with E-state index in [0.29, 0.717) is 6.61 Å². The Hall–Kier alpha value is -0.120. The van der Waals surface area contributed by atoms with Crippen molar-refractivity contribution in [3.63, 3.8) is 0 Å². The molecule has 0 aromatic heterocycles. The lowest BCUT2D eigenvalue weighted by Gasteiger charge is -2.35. The molecule has 0 bridgehead atoms. The zero-order chi connectivity index (χ0) is 12.1. The predicted molar refractivity (Wildman–Crippen MR) is 63.9 cm³/mol. The van der Waals surface area contributed by atoms with E-state index >= 15 is 0 Å². The maximum absolute atomic E-state index is 5.93. The summed E-state index contributed by atoms with van der Waals surface area (Å²) in [6.07, 6.45) is 0.160. The van der Waals surface area contributed by atoms with Gasteiger partial charge in [0.1, 0.15) is 0 Å². The molecule has 0 radical (unpaired) electrons. The van der Waals surface area contributed by atoms with Crippen molar-refractivity contribution in [2.75, 3.05) is 13.2 Å². The predicted octanol–water partition coefficient (Wildman–Crippen LogP) is 2.19. The van der Waals surface area contributed by atoms with Gasteiger partial charge in [0.15, 0.2) is 0 Å². The zero-order valence-electron chi connectivity index (χ0n) is 11.0. The van der Waals surface area contributed by atoms with Crippen LogP contribution in [0.15, 0.2) is 0 Å². The first-order chi connectivity index (χ1) is 6.79. The lowest BCUT2D eigenvalue weighted by atomic mass is 9.85. The average molecular weight is 217 g/mol. The van der Waals surface area contributed by atoms with E-state index in [1.807, 2.05) is 20.8 Å². The first-order valence-electron chi connectivity index (χ1n) is 5.77. The molecule has 0 rings (SSSR count). The third-order valence-electron chi connectivity index (χ3n) is 2.27. The van der Waals surface area contributed by atoms with E-state index in [-0.39, 0.29) is 23.7 Å². The molecule has 3 atom stereocenters. The quantitative estimate of drug-likeness (QED) is 0.741. The van der Waals surface area contributed by atoms with E-state index in [1.54, 1.807) is 0 Å². The maximum atomic E-state index is 5.93. The van der Waals surface area contributed by atoms with Crippen LogP contribution >= 0.6 is 0 Å². The smallest absolute Gasteiger partial charge is 0.0785 e. The van der Waals surface area contributed by atoms with E-state index in [1.165, 1.54) is 0 Å². The largest absolute Gasteiger partial charge is 0.379 e. The summed E-state index contributed by atoms with van der Waals surface area (Å²) < 4.78 is 11.3. The van der Waals surface area contributed by atoms with Crippen LogP contribution in [0.4, 0.5) is 0 Å². The van der Waals surface area contributed by atoms with Crippen molar-refractivity contribution in [2.24, 2.45) is 11.1 Å². The molecule has 0 aliphatic heterocycles. The van der Waals surface area contributed by atoms with Gasteiger partial charge in [-0.05, 0) is 26.2 Å². The van der Waals surface area contributed by atoms with Gasteiger partial charge in [-0.15, -0.1) is 0 Å². The van der Waals surface area contributed by atoms with Gasteiger partial charge in [-0.25, -0.2) is 0 Å². The third-order valence-corrected chi connectivity index (χ3v) is 2.27. The van der Waals surface area contributed by atoms with Crippen LogP contribution in [-0.4, -0.2) is 31.5 Å². The highest BCUT2D eigenvalue weighted by Gasteiger charge is 2.30. The molecule has 0 aromatic rings. The van der Waals surface area contributed by atoms with Crippen LogP contribution in [-0.2, 0) is 9.47 Å². The summed E-state index contributed by atoms with van der Waals surface area (Å²) in [6.45, 7) is 13.8. The second-order valence-corrected chi connectivity index (χ2v) is 5.25. The summed E-state index contributed by atoms with van der Waals surface area (Å²) in [7, 11) is 0. The van der Waals surface area contributed by atoms with Crippen molar-refractivity contribution in [1.29, 1.82) is 0 Å². The van der Waals surface area contributed by atoms with Gasteiger partial charge in [0.2, 0.25) is 0 Å². The maximum Gasteiger partial charge on any atom is 0.0785 e. The Bertz CT molecular complexity index is 163. The Morgan fingerprint density at radius 1 is 1.20 bits per heavy atom. The molecule has 0 aromatic carbocycles. The minimum Gasteiger partial charge on any atom is -0.379 e. The van der Waals surface area contributed by atoms with Crippen LogP contribution in [0.3, 0.4) is 0 Å². The van der Waals surface area contributed by atoms with Crippen molar-refractivity contribution in [2.45, 2.75) is 59.8 Å². The van der Waals surface area contributed by atoms with Gasteiger partial charge in [0, 0.05) is 12.6 Å². The van der Waals surface area contributed by atoms with Crippen LogP contribution in [0.5, 0.6) is 0 Å². The van der Waals surface area contributed by atoms with Crippen LogP contribution in [0, 0.1) is 5.41 Å². The van der Waals surface area contributed by atoms with Gasteiger partial charge >= 0.3 is 0 Å². The summed E-state index contributed by atoms with van der Waals surface area (Å²) in [4.78, 5) is 0. The molecule has 0 heterocycles. The molecule has 0 saturated carbocycles. The fourth-order valence-electron chi connectivity index (χ4n) is 1.69. The van der Waals surface area contributed by atoms with Crippen LogP contribution in [0.2, 0.25) is 0 Å². The Kier molecular flexibility index (Phi) is 6.41. The Balaban J connectivity index is 4.17. The van der Waals surface area contributed by atoms with Gasteiger partial charge in [-0.3, -0.25) is 0 Å². The number of hydrogen-bond acceptors (Lipinski definition) is 3. The molecule has 3 nitrogen and oxygen atoms in total. The molecule has 92 valence electrons. The highest BCUT2D eigenvalue weighted by atomic mass is 16.5. The molecule has 2 N–H and O–H groups in total. The monoisotopic (exact) mass is 217 g/mol. The van der Waals surface area contributed by atoms with Gasteiger partial charge in [-0.2, -0.15) is 0 Å². The van der Waals surface area contributed by atoms with E-state index in [0.717, 1.165) is 6.61 Å². The standard InChI is InChI=1S/C12H27NO2/c1-7-14-8-9(2)15-11(10(3)13)12(4,5)6/h9-11H,7-8,13H2,1-6H3. The molecule has 3 heteroatoms. The summed E-state index contributed by atoms with van der Waals surface area (Å²) >= 11 is 0. The minimum atomic E-state index is 0.0362. The molecule has 0 spiro atoms. The van der Waals surface area contributed by atoms with E-state index in [9.17, 15) is 0 Å². The van der Waals surface area contributed by atoms with Gasteiger partial charge in [0.05, 0.1) is 18.8 Å². The highest BCUT2D eigenvalue weighted by molar-refractivity contribution is 4.82. The van der Waals surface area contributed by atoms with Crippen LogP contribution in [0.25, 0.3) is 0 Å². The number of ether oxygens (including phenoxy) is 2. The SMILES string of the molecule is CCOCC(C)OC(C(C)N)C(C)(C)C. The number of nitrogens with two attached hydrogens (primary N) is 1. The Labute approximate surface area is 94.3 Å². The van der Waals surface area contributed by atoms with Crippen molar-refractivity contribution < 1.29 is 9.47 Å². The first-order valence-corrected chi connectivity index (χ1v) is 5.77. The fraction of sp³-hybridized carbons (Fsp3) is 1.00. The number of rotatable bonds is 6. The average Bonchev–Trinajstić information content (AvgIpc) is 2.08. The third kappa shape index (κ3) is 6.13. The Morgan fingerprint density at radius 2 is 1.73 bits per heavy atom. The van der Waals surface area contributed by atoms with Crippen molar-refractivity contribution in [3.8, 4) is 0 Å². The summed E-state index contributed by atoms with van der Waals surface area (Å²) in [5.41, 5.74) is 6.00. The molecule has 0 aliphatic rings. The fourth-order valence-corrected chi connectivity index (χ4v) is 1.69. The molecular weight excluding hydrogens is 190 g/mol. The van der Waals surface area contributed by atoms with E-state index in [4.69, 9.17) is 15.2 Å². The highest BCUT2D eigenvalue weighted by Crippen LogP contribution is 2.25. The normalized spacial score (nSPS) is 18.6. The van der Waals surface area contributed by atoms with Crippen LogP contribution in [0.1, 0.15) is 41.5 Å². The zero-order valence-corrected chi connectivity index (χ0v) is 11.0. The van der Waals surface area contributed by atoms with Crippen molar-refractivity contribution in [3.05, 3.63) is 0 Å². The van der Waals surface area contributed by atoms with Crippen molar-refractivity contribution in [1.82, 2.24) is 0 Å². The lowest BCUT2D eigenvalue weighted by Crippen LogP contribution is -2.45. The summed E-state index contributed by atoms with van der Waals surface area (Å²) in [5, 5.41) is 0. The minimum absolute atomic E-state index is 0.0362. The number of hydrogen-bond donors (Lipinski definition) is 1. The molecular formula is C12H27NO2. The molecule has 15 heavy (non-hydrogen) atoms. The first kappa shape index (κ1) is 14.9. The second-order valence-electron chi connectivity index (χ2n) is 5.25. The van der Waals surface area contributed by atoms with E-state index in [2.05, 4.69) is 20.8 Å².